The normalized spacial score (nSPS) is 21.6. The van der Waals surface area contributed by atoms with Crippen LogP contribution in [0.5, 0.6) is 0 Å². The number of anilines is 1. The summed E-state index contributed by atoms with van der Waals surface area (Å²) >= 11 is 0. The van der Waals surface area contributed by atoms with Crippen molar-refractivity contribution in [1.29, 1.82) is 0 Å². The highest BCUT2D eigenvalue weighted by Crippen LogP contribution is 2.44. The lowest BCUT2D eigenvalue weighted by molar-refractivity contribution is -0.143. The molecule has 1 unspecified atom stereocenters. The quantitative estimate of drug-likeness (QED) is 0.379. The molecule has 2 aromatic rings. The first kappa shape index (κ1) is 31.2. The third-order valence-corrected chi connectivity index (χ3v) is 9.14. The third-order valence-electron chi connectivity index (χ3n) is 9.14. The lowest BCUT2D eigenvalue weighted by Crippen LogP contribution is -2.58. The molecule has 0 radical (unpaired) electrons. The third kappa shape index (κ3) is 6.07. The average Bonchev–Trinajstić information content (AvgIpc) is 3.16. The van der Waals surface area contributed by atoms with Crippen molar-refractivity contribution in [1.82, 2.24) is 14.7 Å². The van der Waals surface area contributed by atoms with Crippen LogP contribution in [0.25, 0.3) is 0 Å². The summed E-state index contributed by atoms with van der Waals surface area (Å²) in [4.78, 5) is 35.2. The molecule has 0 bridgehead atoms. The minimum absolute atomic E-state index is 0.0111. The van der Waals surface area contributed by atoms with Gasteiger partial charge in [0, 0.05) is 37.4 Å². The summed E-state index contributed by atoms with van der Waals surface area (Å²) in [7, 11) is 0. The van der Waals surface area contributed by atoms with Crippen molar-refractivity contribution in [2.24, 2.45) is 0 Å². The van der Waals surface area contributed by atoms with Crippen molar-refractivity contribution in [2.75, 3.05) is 44.2 Å². The molecule has 2 amide bonds. The zero-order chi connectivity index (χ0) is 31.2. The molecular weight excluding hydrogens is 574 g/mol. The number of piperidine rings is 2. The molecule has 3 heterocycles. The van der Waals surface area contributed by atoms with Crippen LogP contribution in [0.4, 0.5) is 32.0 Å². The Morgan fingerprint density at radius 2 is 1.44 bits per heavy atom. The Morgan fingerprint density at radius 3 is 2.00 bits per heavy atom. The second kappa shape index (κ2) is 11.7. The topological polar surface area (TPSA) is 47.1 Å². The molecule has 3 aliphatic rings. The molecule has 0 N–H and O–H groups in total. The van der Waals surface area contributed by atoms with E-state index in [1.165, 1.54) is 11.3 Å². The number of carbonyl (C=O) groups excluding carboxylic acids is 2. The van der Waals surface area contributed by atoms with Gasteiger partial charge in [-0.3, -0.25) is 9.59 Å². The molecule has 2 aromatic carbocycles. The van der Waals surface area contributed by atoms with E-state index in [2.05, 4.69) is 9.80 Å². The molecule has 0 aromatic heterocycles. The van der Waals surface area contributed by atoms with Gasteiger partial charge in [-0.15, -0.1) is 0 Å². The van der Waals surface area contributed by atoms with Gasteiger partial charge in [-0.25, -0.2) is 0 Å². The summed E-state index contributed by atoms with van der Waals surface area (Å²) in [6.07, 6.45) is -6.54. The van der Waals surface area contributed by atoms with E-state index in [1.54, 1.807) is 0 Å². The SMILES string of the molecule is Cc1ccccc1N1C(C)N(CCN2CCCCC2)C(=O)C12CCN(C(=O)c1cc(C(F)(F)F)cc(C(F)(F)F)c1)CC2. The molecule has 3 saturated heterocycles. The van der Waals surface area contributed by atoms with Gasteiger partial charge in [0.1, 0.15) is 11.7 Å². The van der Waals surface area contributed by atoms with Crippen molar-refractivity contribution in [3.8, 4) is 0 Å². The van der Waals surface area contributed by atoms with E-state index >= 15 is 0 Å². The maximum atomic E-state index is 14.2. The van der Waals surface area contributed by atoms with Crippen LogP contribution in [0.3, 0.4) is 0 Å². The summed E-state index contributed by atoms with van der Waals surface area (Å²) in [6.45, 7) is 7.23. The van der Waals surface area contributed by atoms with Crippen LogP contribution in [0.1, 0.15) is 66.1 Å². The number of hydrogen-bond acceptors (Lipinski definition) is 4. The number of aryl methyl sites for hydroxylation is 1. The fourth-order valence-corrected chi connectivity index (χ4v) is 6.82. The standard InChI is InChI=1S/C31H36F6N4O2/c1-21-8-4-5-9-26(21)41-22(2)40(17-16-38-12-6-3-7-13-38)28(43)29(41)10-14-39(15-11-29)27(42)23-18-24(30(32,33)34)20-25(19-23)31(35,36)37/h4-5,8-9,18-20,22H,3,6-7,10-17H2,1-2H3. The number of nitrogens with zero attached hydrogens (tertiary/aromatic N) is 4. The summed E-state index contributed by atoms with van der Waals surface area (Å²) in [5, 5.41) is 0. The largest absolute Gasteiger partial charge is 0.416 e. The number of alkyl halides is 6. The Balaban J connectivity index is 1.41. The minimum atomic E-state index is -5.06. The summed E-state index contributed by atoms with van der Waals surface area (Å²) in [5.41, 5.74) is -2.88. The molecule has 0 saturated carbocycles. The average molecular weight is 611 g/mol. The summed E-state index contributed by atoms with van der Waals surface area (Å²) in [6, 6.07) is 8.66. The smallest absolute Gasteiger partial charge is 0.338 e. The molecule has 3 aliphatic heterocycles. The Bertz CT molecular complexity index is 1310. The number of rotatable bonds is 5. The fraction of sp³-hybridized carbons (Fsp3) is 0.548. The van der Waals surface area contributed by atoms with Gasteiger partial charge >= 0.3 is 12.4 Å². The van der Waals surface area contributed by atoms with E-state index < -0.39 is 40.5 Å². The number of carbonyl (C=O) groups is 2. The van der Waals surface area contributed by atoms with Crippen molar-refractivity contribution in [3.63, 3.8) is 0 Å². The van der Waals surface area contributed by atoms with Crippen molar-refractivity contribution in [3.05, 3.63) is 64.7 Å². The van der Waals surface area contributed by atoms with Gasteiger partial charge < -0.3 is 19.6 Å². The molecule has 43 heavy (non-hydrogen) atoms. The van der Waals surface area contributed by atoms with Crippen molar-refractivity contribution in [2.45, 2.75) is 70.0 Å². The van der Waals surface area contributed by atoms with Crippen molar-refractivity contribution < 1.29 is 35.9 Å². The first-order valence-corrected chi connectivity index (χ1v) is 14.7. The Hall–Kier alpha value is -3.28. The highest BCUT2D eigenvalue weighted by atomic mass is 19.4. The first-order valence-electron chi connectivity index (χ1n) is 14.7. The number of halogens is 6. The highest BCUT2D eigenvalue weighted by molar-refractivity contribution is 5.97. The van der Waals surface area contributed by atoms with Gasteiger partial charge in [0.2, 0.25) is 5.91 Å². The molecule has 0 aliphatic carbocycles. The molecule has 1 atom stereocenters. The van der Waals surface area contributed by atoms with E-state index in [4.69, 9.17) is 0 Å². The van der Waals surface area contributed by atoms with Crippen LogP contribution >= 0.6 is 0 Å². The number of likely N-dealkylation sites (tertiary alicyclic amines) is 2. The van der Waals surface area contributed by atoms with E-state index in [9.17, 15) is 35.9 Å². The van der Waals surface area contributed by atoms with Crippen molar-refractivity contribution >= 4 is 17.5 Å². The first-order chi connectivity index (χ1) is 20.2. The zero-order valence-electron chi connectivity index (χ0n) is 24.3. The van der Waals surface area contributed by atoms with Gasteiger partial charge in [-0.1, -0.05) is 24.6 Å². The number of amides is 2. The highest BCUT2D eigenvalue weighted by Gasteiger charge is 2.57. The lowest BCUT2D eigenvalue weighted by atomic mass is 9.84. The number of benzene rings is 2. The Labute approximate surface area is 247 Å². The second-order valence-corrected chi connectivity index (χ2v) is 11.8. The Morgan fingerprint density at radius 1 is 0.860 bits per heavy atom. The molecule has 5 rings (SSSR count). The van der Waals surface area contributed by atoms with E-state index in [-0.39, 0.29) is 44.1 Å². The van der Waals surface area contributed by atoms with Crippen LogP contribution in [0, 0.1) is 6.92 Å². The maximum Gasteiger partial charge on any atom is 0.416 e. The zero-order valence-corrected chi connectivity index (χ0v) is 24.3. The van der Waals surface area contributed by atoms with Gasteiger partial charge in [0.15, 0.2) is 0 Å². The van der Waals surface area contributed by atoms with Gasteiger partial charge in [0.25, 0.3) is 5.91 Å². The van der Waals surface area contributed by atoms with Crippen LogP contribution in [0.15, 0.2) is 42.5 Å². The molecule has 234 valence electrons. The molecule has 6 nitrogen and oxygen atoms in total. The van der Waals surface area contributed by atoms with Gasteiger partial charge in [0.05, 0.1) is 11.1 Å². The van der Waals surface area contributed by atoms with Crippen LogP contribution < -0.4 is 4.90 Å². The van der Waals surface area contributed by atoms with E-state index in [0.29, 0.717) is 18.7 Å². The van der Waals surface area contributed by atoms with Gasteiger partial charge in [-0.2, -0.15) is 26.3 Å². The molecule has 1 spiro atoms. The fourth-order valence-electron chi connectivity index (χ4n) is 6.82. The van der Waals surface area contributed by atoms with Gasteiger partial charge in [-0.05, 0) is 82.4 Å². The lowest BCUT2D eigenvalue weighted by Gasteiger charge is -2.45. The number of para-hydroxylation sites is 1. The van der Waals surface area contributed by atoms with Crippen LogP contribution in [0.2, 0.25) is 0 Å². The minimum Gasteiger partial charge on any atom is -0.338 e. The second-order valence-electron chi connectivity index (χ2n) is 11.8. The van der Waals surface area contributed by atoms with E-state index in [0.717, 1.165) is 43.7 Å². The Kier molecular flexibility index (Phi) is 8.45. The summed E-state index contributed by atoms with van der Waals surface area (Å²) in [5.74, 6) is -0.986. The monoisotopic (exact) mass is 610 g/mol. The maximum absolute atomic E-state index is 14.2. The predicted octanol–water partition coefficient (Wildman–Crippen LogP) is 6.19. The number of hydrogen-bond donors (Lipinski definition) is 0. The molecular formula is C31H36F6N4O2. The van der Waals surface area contributed by atoms with Crippen LogP contribution in [-0.2, 0) is 17.1 Å². The molecule has 12 heteroatoms. The predicted molar refractivity (Wildman–Crippen MR) is 149 cm³/mol. The molecule has 3 fully saturated rings. The van der Waals surface area contributed by atoms with E-state index in [1.807, 2.05) is 43.0 Å². The summed E-state index contributed by atoms with van der Waals surface area (Å²) < 4.78 is 80.6. The van der Waals surface area contributed by atoms with Crippen LogP contribution in [-0.4, -0.2) is 77.5 Å².